The van der Waals surface area contributed by atoms with Crippen LogP contribution in [0.15, 0.2) is 0 Å². The predicted molar refractivity (Wildman–Crippen MR) is 65.9 cm³/mol. The molecule has 1 aliphatic carbocycles. The summed E-state index contributed by atoms with van der Waals surface area (Å²) in [6.45, 7) is 5.01. The van der Waals surface area contributed by atoms with Crippen molar-refractivity contribution in [2.24, 2.45) is 11.7 Å². The number of thioether (sulfide) groups is 1. The average molecular weight is 230 g/mol. The van der Waals surface area contributed by atoms with Gasteiger partial charge in [-0.15, -0.1) is 0 Å². The summed E-state index contributed by atoms with van der Waals surface area (Å²) in [6, 6.07) is 0.231. The largest absolute Gasteiger partial charge is 0.354 e. The number of hydrogen-bond donors (Lipinski definition) is 2. The van der Waals surface area contributed by atoms with E-state index in [1.54, 1.807) is 11.8 Å². The van der Waals surface area contributed by atoms with Gasteiger partial charge in [-0.25, -0.2) is 0 Å². The first-order valence-electron chi connectivity index (χ1n) is 5.53. The predicted octanol–water partition coefficient (Wildman–Crippen LogP) is 1.37. The second-order valence-corrected chi connectivity index (χ2v) is 6.47. The maximum Gasteiger partial charge on any atom is 0.223 e. The quantitative estimate of drug-likeness (QED) is 0.767. The highest BCUT2D eigenvalue weighted by molar-refractivity contribution is 7.99. The lowest BCUT2D eigenvalue weighted by molar-refractivity contribution is -0.124. The maximum absolute atomic E-state index is 11.8. The monoisotopic (exact) mass is 230 g/mol. The van der Waals surface area contributed by atoms with Crippen molar-refractivity contribution in [3.63, 3.8) is 0 Å². The van der Waals surface area contributed by atoms with Crippen molar-refractivity contribution in [1.82, 2.24) is 5.32 Å². The molecule has 0 aromatic heterocycles. The number of hydrogen-bond acceptors (Lipinski definition) is 3. The van der Waals surface area contributed by atoms with E-state index in [1.165, 1.54) is 0 Å². The van der Waals surface area contributed by atoms with Crippen molar-refractivity contribution < 1.29 is 4.79 Å². The summed E-state index contributed by atoms with van der Waals surface area (Å²) in [7, 11) is 0. The summed E-state index contributed by atoms with van der Waals surface area (Å²) >= 11 is 1.77. The van der Waals surface area contributed by atoms with Gasteiger partial charge in [0.05, 0.1) is 0 Å². The zero-order valence-electron chi connectivity index (χ0n) is 9.88. The first-order valence-corrected chi connectivity index (χ1v) is 6.75. The third kappa shape index (κ3) is 4.03. The van der Waals surface area contributed by atoms with E-state index in [-0.39, 0.29) is 22.6 Å². The second kappa shape index (κ2) is 5.21. The number of carbonyl (C=O) groups excluding carboxylic acids is 1. The van der Waals surface area contributed by atoms with Gasteiger partial charge in [0.15, 0.2) is 0 Å². The molecule has 15 heavy (non-hydrogen) atoms. The first kappa shape index (κ1) is 12.8. The summed E-state index contributed by atoms with van der Waals surface area (Å²) in [4.78, 5) is 11.8. The Kier molecular flexibility index (Phi) is 4.46. The molecule has 0 saturated heterocycles. The van der Waals surface area contributed by atoms with E-state index in [4.69, 9.17) is 5.73 Å². The fourth-order valence-corrected chi connectivity index (χ4v) is 1.99. The molecule has 0 aromatic rings. The first-order chi connectivity index (χ1) is 6.94. The van der Waals surface area contributed by atoms with Crippen molar-refractivity contribution in [2.45, 2.75) is 43.9 Å². The van der Waals surface area contributed by atoms with Crippen LogP contribution in [0.4, 0.5) is 0 Å². The van der Waals surface area contributed by atoms with Gasteiger partial charge in [-0.2, -0.15) is 11.8 Å². The van der Waals surface area contributed by atoms with Crippen LogP contribution in [-0.2, 0) is 4.79 Å². The van der Waals surface area contributed by atoms with Gasteiger partial charge in [-0.05, 0) is 39.4 Å². The van der Waals surface area contributed by atoms with Crippen LogP contribution in [0.3, 0.4) is 0 Å². The third-order valence-corrected chi connectivity index (χ3v) is 4.33. The molecule has 0 heterocycles. The minimum atomic E-state index is 0.121. The van der Waals surface area contributed by atoms with E-state index in [2.05, 4.69) is 25.4 Å². The lowest BCUT2D eigenvalue weighted by atomic mass is 10.1. The van der Waals surface area contributed by atoms with Crippen LogP contribution < -0.4 is 11.1 Å². The van der Waals surface area contributed by atoms with Gasteiger partial charge in [0.2, 0.25) is 5.91 Å². The van der Waals surface area contributed by atoms with Crippen molar-refractivity contribution in [1.29, 1.82) is 0 Å². The van der Waals surface area contributed by atoms with Crippen LogP contribution in [-0.4, -0.2) is 29.5 Å². The molecule has 4 heteroatoms. The second-order valence-electron chi connectivity index (χ2n) is 4.95. The molecule has 0 bridgehead atoms. The molecule has 88 valence electrons. The van der Waals surface area contributed by atoms with E-state index in [0.29, 0.717) is 0 Å². The van der Waals surface area contributed by atoms with Gasteiger partial charge in [-0.3, -0.25) is 4.79 Å². The highest BCUT2D eigenvalue weighted by Gasteiger charge is 2.28. The smallest absolute Gasteiger partial charge is 0.223 e. The molecular formula is C11H22N2OS. The zero-order chi connectivity index (χ0) is 11.5. The van der Waals surface area contributed by atoms with E-state index in [1.807, 2.05) is 0 Å². The Hall–Kier alpha value is -0.220. The summed E-state index contributed by atoms with van der Waals surface area (Å²) in [6.07, 6.45) is 4.86. The van der Waals surface area contributed by atoms with Crippen LogP contribution in [0.2, 0.25) is 0 Å². The Bertz CT molecular complexity index is 231. The van der Waals surface area contributed by atoms with Crippen molar-refractivity contribution in [2.75, 3.05) is 12.8 Å². The van der Waals surface area contributed by atoms with Crippen molar-refractivity contribution in [3.8, 4) is 0 Å². The SMILES string of the molecule is CSC(C)(C)CNC(=O)C1CCC(N)C1. The van der Waals surface area contributed by atoms with E-state index in [9.17, 15) is 4.79 Å². The standard InChI is InChI=1S/C11H22N2OS/c1-11(2,15-3)7-13-10(14)8-4-5-9(12)6-8/h8-9H,4-7,12H2,1-3H3,(H,13,14). The van der Waals surface area contributed by atoms with Gasteiger partial charge in [0.25, 0.3) is 0 Å². The van der Waals surface area contributed by atoms with E-state index >= 15 is 0 Å². The number of nitrogens with one attached hydrogen (secondary N) is 1. The van der Waals surface area contributed by atoms with Gasteiger partial charge in [0.1, 0.15) is 0 Å². The Balaban J connectivity index is 2.30. The van der Waals surface area contributed by atoms with Crippen LogP contribution in [0.25, 0.3) is 0 Å². The maximum atomic E-state index is 11.8. The lowest BCUT2D eigenvalue weighted by Crippen LogP contribution is -2.39. The minimum absolute atomic E-state index is 0.121. The molecular weight excluding hydrogens is 208 g/mol. The zero-order valence-corrected chi connectivity index (χ0v) is 10.7. The molecule has 0 radical (unpaired) electrons. The van der Waals surface area contributed by atoms with Crippen molar-refractivity contribution in [3.05, 3.63) is 0 Å². The normalized spacial score (nSPS) is 26.7. The Morgan fingerprint density at radius 1 is 1.53 bits per heavy atom. The number of rotatable bonds is 4. The highest BCUT2D eigenvalue weighted by atomic mass is 32.2. The Labute approximate surface area is 96.6 Å². The van der Waals surface area contributed by atoms with Crippen molar-refractivity contribution >= 4 is 17.7 Å². The van der Waals surface area contributed by atoms with Crippen LogP contribution in [0, 0.1) is 5.92 Å². The Morgan fingerprint density at radius 2 is 2.20 bits per heavy atom. The Morgan fingerprint density at radius 3 is 2.67 bits per heavy atom. The molecule has 0 spiro atoms. The molecule has 1 rings (SSSR count). The minimum Gasteiger partial charge on any atom is -0.354 e. The van der Waals surface area contributed by atoms with Crippen LogP contribution in [0.5, 0.6) is 0 Å². The molecule has 1 amide bonds. The van der Waals surface area contributed by atoms with E-state index < -0.39 is 0 Å². The van der Waals surface area contributed by atoms with Crippen LogP contribution in [0.1, 0.15) is 33.1 Å². The van der Waals surface area contributed by atoms with Gasteiger partial charge >= 0.3 is 0 Å². The number of nitrogens with two attached hydrogens (primary N) is 1. The van der Waals surface area contributed by atoms with Crippen LogP contribution >= 0.6 is 11.8 Å². The molecule has 2 atom stereocenters. The molecule has 0 aromatic carbocycles. The average Bonchev–Trinajstić information content (AvgIpc) is 2.61. The molecule has 3 N–H and O–H groups in total. The fourth-order valence-electron chi connectivity index (χ4n) is 1.77. The summed E-state index contributed by atoms with van der Waals surface area (Å²) in [5.41, 5.74) is 5.79. The van der Waals surface area contributed by atoms with E-state index in [0.717, 1.165) is 25.8 Å². The summed E-state index contributed by atoms with van der Waals surface area (Å²) in [5.74, 6) is 0.336. The number of carbonyl (C=O) groups is 1. The van der Waals surface area contributed by atoms with Gasteiger partial charge in [0, 0.05) is 23.3 Å². The molecule has 0 aliphatic heterocycles. The van der Waals surface area contributed by atoms with Gasteiger partial charge < -0.3 is 11.1 Å². The summed E-state index contributed by atoms with van der Waals surface area (Å²) in [5, 5.41) is 3.02. The molecule has 1 fully saturated rings. The summed E-state index contributed by atoms with van der Waals surface area (Å²) < 4.78 is 0.121. The topological polar surface area (TPSA) is 55.1 Å². The highest BCUT2D eigenvalue weighted by Crippen LogP contribution is 2.25. The number of amides is 1. The third-order valence-electron chi connectivity index (χ3n) is 3.08. The lowest BCUT2D eigenvalue weighted by Gasteiger charge is -2.23. The molecule has 1 aliphatic rings. The van der Waals surface area contributed by atoms with Gasteiger partial charge in [-0.1, -0.05) is 0 Å². The molecule has 1 saturated carbocycles. The molecule has 2 unspecified atom stereocenters. The molecule has 3 nitrogen and oxygen atoms in total. The fraction of sp³-hybridized carbons (Fsp3) is 0.909.